The van der Waals surface area contributed by atoms with Crippen molar-refractivity contribution in [3.63, 3.8) is 0 Å². The smallest absolute Gasteiger partial charge is 0.408 e. The maximum atomic E-state index is 12.2. The van der Waals surface area contributed by atoms with Gasteiger partial charge >= 0.3 is 6.09 Å². The number of hydrogen-bond donors (Lipinski definition) is 2. The third-order valence-electron chi connectivity index (χ3n) is 4.46. The van der Waals surface area contributed by atoms with Crippen molar-refractivity contribution in [2.24, 2.45) is 5.14 Å². The molecule has 3 N–H and O–H groups in total. The molecule has 0 aromatic heterocycles. The van der Waals surface area contributed by atoms with E-state index in [0.717, 1.165) is 5.56 Å². The molecule has 24 heavy (non-hydrogen) atoms. The standard InChI is InChI=1S/C16H24N2O5S/c1-15(2,3)18(14(19)20)13-10-16(13,24(17,21)22)9-11-5-7-12(23-4)8-6-11/h5-8,13H,9-10H2,1-4H3,(H,19,20)(H2,17,21,22). The van der Waals surface area contributed by atoms with Gasteiger partial charge in [0, 0.05) is 5.54 Å². The molecule has 0 aliphatic heterocycles. The maximum absolute atomic E-state index is 12.2. The van der Waals surface area contributed by atoms with Crippen molar-refractivity contribution in [1.29, 1.82) is 0 Å². The van der Waals surface area contributed by atoms with Crippen molar-refractivity contribution in [3.05, 3.63) is 29.8 Å². The summed E-state index contributed by atoms with van der Waals surface area (Å²) in [7, 11) is -2.38. The van der Waals surface area contributed by atoms with E-state index in [2.05, 4.69) is 0 Å². The molecule has 134 valence electrons. The molecule has 1 saturated carbocycles. The fourth-order valence-corrected chi connectivity index (χ4v) is 4.41. The highest BCUT2D eigenvalue weighted by molar-refractivity contribution is 7.91. The first-order chi connectivity index (χ1) is 10.9. The third kappa shape index (κ3) is 3.34. The van der Waals surface area contributed by atoms with Crippen LogP contribution >= 0.6 is 0 Å². The number of amides is 1. The molecule has 1 aliphatic carbocycles. The minimum absolute atomic E-state index is 0.167. The Labute approximate surface area is 142 Å². The van der Waals surface area contributed by atoms with Crippen LogP contribution in [0.4, 0.5) is 4.79 Å². The largest absolute Gasteiger partial charge is 0.497 e. The summed E-state index contributed by atoms with van der Waals surface area (Å²) in [6, 6.07) is 6.35. The van der Waals surface area contributed by atoms with Crippen molar-refractivity contribution >= 4 is 16.1 Å². The Kier molecular flexibility index (Phi) is 4.58. The molecule has 1 amide bonds. The lowest BCUT2D eigenvalue weighted by atomic mass is 10.0. The summed E-state index contributed by atoms with van der Waals surface area (Å²) in [5.41, 5.74) is 0.0506. The molecule has 7 nitrogen and oxygen atoms in total. The predicted molar refractivity (Wildman–Crippen MR) is 90.6 cm³/mol. The highest BCUT2D eigenvalue weighted by atomic mass is 32.2. The lowest BCUT2D eigenvalue weighted by Crippen LogP contribution is -2.51. The second-order valence-corrected chi connectivity index (χ2v) is 9.08. The Hall–Kier alpha value is -1.80. The van der Waals surface area contributed by atoms with Gasteiger partial charge in [-0.2, -0.15) is 0 Å². The Bertz CT molecular complexity index is 724. The Balaban J connectivity index is 2.35. The van der Waals surface area contributed by atoms with Gasteiger partial charge in [0.1, 0.15) is 10.5 Å². The number of rotatable bonds is 5. The van der Waals surface area contributed by atoms with E-state index in [9.17, 15) is 18.3 Å². The summed E-state index contributed by atoms with van der Waals surface area (Å²) in [5, 5.41) is 15.0. The molecule has 2 atom stereocenters. The van der Waals surface area contributed by atoms with Crippen molar-refractivity contribution in [2.45, 2.75) is 49.9 Å². The van der Waals surface area contributed by atoms with E-state index in [1.54, 1.807) is 52.1 Å². The van der Waals surface area contributed by atoms with Crippen LogP contribution in [0.25, 0.3) is 0 Å². The van der Waals surface area contributed by atoms with E-state index in [4.69, 9.17) is 9.88 Å². The minimum atomic E-state index is -3.93. The molecule has 0 saturated heterocycles. The molecule has 1 fully saturated rings. The van der Waals surface area contributed by atoms with E-state index >= 15 is 0 Å². The molecule has 1 aliphatic rings. The van der Waals surface area contributed by atoms with E-state index in [1.165, 1.54) is 4.90 Å². The zero-order valence-electron chi connectivity index (χ0n) is 14.3. The molecule has 1 aromatic rings. The fraction of sp³-hybridized carbons (Fsp3) is 0.562. The lowest BCUT2D eigenvalue weighted by molar-refractivity contribution is 0.0927. The highest BCUT2D eigenvalue weighted by Crippen LogP contribution is 2.50. The highest BCUT2D eigenvalue weighted by Gasteiger charge is 2.67. The first-order valence-electron chi connectivity index (χ1n) is 7.60. The van der Waals surface area contributed by atoms with Gasteiger partial charge in [-0.05, 0) is 51.3 Å². The maximum Gasteiger partial charge on any atom is 0.408 e. The number of nitrogens with zero attached hydrogens (tertiary/aromatic N) is 1. The van der Waals surface area contributed by atoms with Crippen LogP contribution < -0.4 is 9.88 Å². The molecule has 2 unspecified atom stereocenters. The zero-order chi connectivity index (χ0) is 18.3. The van der Waals surface area contributed by atoms with Crippen LogP contribution in [0, 0.1) is 0 Å². The number of nitrogens with two attached hydrogens (primary N) is 1. The van der Waals surface area contributed by atoms with E-state index in [0.29, 0.717) is 5.75 Å². The number of carbonyl (C=O) groups is 1. The normalized spacial score (nSPS) is 23.6. The second kappa shape index (κ2) is 5.93. The summed E-state index contributed by atoms with van der Waals surface area (Å²) < 4.78 is 28.3. The summed E-state index contributed by atoms with van der Waals surface area (Å²) in [6.07, 6.45) is -0.783. The number of ether oxygens (including phenoxy) is 1. The van der Waals surface area contributed by atoms with E-state index in [-0.39, 0.29) is 12.8 Å². The van der Waals surface area contributed by atoms with Gasteiger partial charge < -0.3 is 9.84 Å². The van der Waals surface area contributed by atoms with Crippen LogP contribution in [0.15, 0.2) is 24.3 Å². The summed E-state index contributed by atoms with van der Waals surface area (Å²) in [4.78, 5) is 12.8. The number of carboxylic acid groups (broad SMARTS) is 1. The Morgan fingerprint density at radius 3 is 2.29 bits per heavy atom. The number of primary sulfonamides is 1. The Morgan fingerprint density at radius 1 is 1.38 bits per heavy atom. The molecule has 2 rings (SSSR count). The van der Waals surface area contributed by atoms with Crippen LogP contribution in [0.5, 0.6) is 5.75 Å². The quantitative estimate of drug-likeness (QED) is 0.836. The van der Waals surface area contributed by atoms with E-state index < -0.39 is 32.4 Å². The topological polar surface area (TPSA) is 110 Å². The Morgan fingerprint density at radius 2 is 1.92 bits per heavy atom. The number of sulfonamides is 1. The van der Waals surface area contributed by atoms with Crippen molar-refractivity contribution < 1.29 is 23.1 Å². The van der Waals surface area contributed by atoms with Crippen LogP contribution in [0.1, 0.15) is 32.8 Å². The van der Waals surface area contributed by atoms with Gasteiger partial charge in [-0.15, -0.1) is 0 Å². The average molecular weight is 356 g/mol. The first kappa shape index (κ1) is 18.5. The molecule has 1 aromatic carbocycles. The molecular formula is C16H24N2O5S. The fourth-order valence-electron chi connectivity index (χ4n) is 3.17. The molecule has 0 heterocycles. The molecular weight excluding hydrogens is 332 g/mol. The average Bonchev–Trinajstić information content (AvgIpc) is 3.12. The van der Waals surface area contributed by atoms with Crippen molar-refractivity contribution in [1.82, 2.24) is 4.90 Å². The van der Waals surface area contributed by atoms with Gasteiger partial charge in [-0.1, -0.05) is 12.1 Å². The predicted octanol–water partition coefficient (Wildman–Crippen LogP) is 1.82. The van der Waals surface area contributed by atoms with Crippen molar-refractivity contribution in [3.8, 4) is 5.75 Å². The van der Waals surface area contributed by atoms with Gasteiger partial charge in [0.2, 0.25) is 10.0 Å². The van der Waals surface area contributed by atoms with Crippen LogP contribution in [0.3, 0.4) is 0 Å². The SMILES string of the molecule is COc1ccc(CC2(S(N)(=O)=O)CC2N(C(=O)O)C(C)(C)C)cc1. The second-order valence-electron chi connectivity index (χ2n) is 7.18. The minimum Gasteiger partial charge on any atom is -0.497 e. The molecule has 0 spiro atoms. The zero-order valence-corrected chi connectivity index (χ0v) is 15.1. The lowest BCUT2D eigenvalue weighted by Gasteiger charge is -2.35. The summed E-state index contributed by atoms with van der Waals surface area (Å²) in [6.45, 7) is 5.21. The van der Waals surface area contributed by atoms with Gasteiger partial charge in [0.25, 0.3) is 0 Å². The third-order valence-corrected chi connectivity index (χ3v) is 6.17. The van der Waals surface area contributed by atoms with Crippen molar-refractivity contribution in [2.75, 3.05) is 7.11 Å². The van der Waals surface area contributed by atoms with Gasteiger partial charge in [0.05, 0.1) is 13.2 Å². The van der Waals surface area contributed by atoms with Gasteiger partial charge in [-0.25, -0.2) is 18.4 Å². The molecule has 0 bridgehead atoms. The van der Waals surface area contributed by atoms with Crippen LogP contribution in [-0.2, 0) is 16.4 Å². The monoisotopic (exact) mass is 356 g/mol. The van der Waals surface area contributed by atoms with Crippen LogP contribution in [0.2, 0.25) is 0 Å². The molecule has 0 radical (unpaired) electrons. The summed E-state index contributed by atoms with van der Waals surface area (Å²) in [5.74, 6) is 0.664. The van der Waals surface area contributed by atoms with Gasteiger partial charge in [0.15, 0.2) is 0 Å². The van der Waals surface area contributed by atoms with Crippen LogP contribution in [-0.4, -0.2) is 48.0 Å². The molecule has 8 heteroatoms. The number of methoxy groups -OCH3 is 1. The number of benzene rings is 1. The van der Waals surface area contributed by atoms with E-state index in [1.807, 2.05) is 0 Å². The first-order valence-corrected chi connectivity index (χ1v) is 9.14. The van der Waals surface area contributed by atoms with Gasteiger partial charge in [-0.3, -0.25) is 4.90 Å². The number of hydrogen-bond acceptors (Lipinski definition) is 4. The summed E-state index contributed by atoms with van der Waals surface area (Å²) >= 11 is 0.